The van der Waals surface area contributed by atoms with Crippen LogP contribution < -0.4 is 0 Å². The fraction of sp³-hybridized carbons (Fsp3) is 0.250. The van der Waals surface area contributed by atoms with E-state index in [1.807, 2.05) is 6.92 Å². The quantitative estimate of drug-likeness (QED) is 0.646. The molecular formula is C8H8ClFS. The highest BCUT2D eigenvalue weighted by Gasteiger charge is 2.06. The van der Waals surface area contributed by atoms with E-state index in [4.69, 9.17) is 11.6 Å². The number of benzene rings is 1. The smallest absolute Gasteiger partial charge is 0.155 e. The van der Waals surface area contributed by atoms with Crippen LogP contribution in [0.4, 0.5) is 4.39 Å². The van der Waals surface area contributed by atoms with E-state index in [1.165, 1.54) is 0 Å². The largest absolute Gasteiger partial charge is 0.204 e. The molecule has 0 heterocycles. The Balaban J connectivity index is 3.25. The third-order valence-electron chi connectivity index (χ3n) is 1.53. The van der Waals surface area contributed by atoms with Crippen molar-refractivity contribution in [2.24, 2.45) is 0 Å². The van der Waals surface area contributed by atoms with E-state index in [-0.39, 0.29) is 5.02 Å². The lowest BCUT2D eigenvalue weighted by atomic mass is 10.2. The Bertz CT molecular complexity index is 273. The highest BCUT2D eigenvalue weighted by Crippen LogP contribution is 2.24. The zero-order valence-corrected chi connectivity index (χ0v) is 7.72. The molecule has 0 radical (unpaired) electrons. The molecule has 1 aromatic rings. The molecule has 0 saturated heterocycles. The van der Waals surface area contributed by atoms with Gasteiger partial charge in [0, 0.05) is 4.90 Å². The van der Waals surface area contributed by atoms with E-state index < -0.39 is 5.82 Å². The summed E-state index contributed by atoms with van der Waals surface area (Å²) in [5, 5.41) is 0.132. The number of rotatable bonds is 1. The maximum atomic E-state index is 13.0. The predicted octanol–water partition coefficient (Wildman–Crippen LogP) is 3.33. The van der Waals surface area contributed by atoms with Gasteiger partial charge in [-0.25, -0.2) is 4.39 Å². The molecule has 0 aliphatic rings. The van der Waals surface area contributed by atoms with E-state index in [0.29, 0.717) is 4.90 Å². The molecule has 0 spiro atoms. The van der Waals surface area contributed by atoms with Gasteiger partial charge >= 0.3 is 0 Å². The molecule has 0 amide bonds. The molecule has 1 rings (SSSR count). The fourth-order valence-corrected chi connectivity index (χ4v) is 1.44. The summed E-state index contributed by atoms with van der Waals surface area (Å²) in [5.41, 5.74) is 0.884. The minimum Gasteiger partial charge on any atom is -0.204 e. The van der Waals surface area contributed by atoms with Gasteiger partial charge in [-0.2, -0.15) is 0 Å². The first-order chi connectivity index (χ1) is 5.16. The standard InChI is InChI=1S/C8H8ClFS/c1-2-5-3-4-6(9)7(10)8(5)11/h3-4,11H,2H2,1H3. The van der Waals surface area contributed by atoms with Gasteiger partial charge < -0.3 is 0 Å². The van der Waals surface area contributed by atoms with Crippen LogP contribution in [-0.4, -0.2) is 0 Å². The number of aryl methyl sites for hydroxylation is 1. The second-order valence-electron chi connectivity index (χ2n) is 2.22. The summed E-state index contributed by atoms with van der Waals surface area (Å²) in [6.45, 7) is 1.95. The Kier molecular flexibility index (Phi) is 2.79. The molecule has 60 valence electrons. The summed E-state index contributed by atoms with van der Waals surface area (Å²) in [4.78, 5) is 0.361. The summed E-state index contributed by atoms with van der Waals surface area (Å²) in [7, 11) is 0. The zero-order chi connectivity index (χ0) is 8.43. The summed E-state index contributed by atoms with van der Waals surface area (Å²) >= 11 is 9.52. The van der Waals surface area contributed by atoms with Crippen molar-refractivity contribution < 1.29 is 4.39 Å². The van der Waals surface area contributed by atoms with Crippen molar-refractivity contribution in [3.63, 3.8) is 0 Å². The van der Waals surface area contributed by atoms with Crippen molar-refractivity contribution in [2.75, 3.05) is 0 Å². The maximum Gasteiger partial charge on any atom is 0.155 e. The van der Waals surface area contributed by atoms with Crippen LogP contribution in [0.5, 0.6) is 0 Å². The molecule has 3 heteroatoms. The van der Waals surface area contributed by atoms with Gasteiger partial charge in [-0.3, -0.25) is 0 Å². The third kappa shape index (κ3) is 1.68. The lowest BCUT2D eigenvalue weighted by Gasteiger charge is -2.03. The number of hydrogen-bond acceptors (Lipinski definition) is 1. The Hall–Kier alpha value is -0.210. The van der Waals surface area contributed by atoms with Crippen LogP contribution in [0.2, 0.25) is 5.02 Å². The maximum absolute atomic E-state index is 13.0. The number of halogens is 2. The highest BCUT2D eigenvalue weighted by atomic mass is 35.5. The molecule has 0 unspecified atom stereocenters. The van der Waals surface area contributed by atoms with Gasteiger partial charge in [0.1, 0.15) is 0 Å². The van der Waals surface area contributed by atoms with Crippen LogP contribution in [0.15, 0.2) is 17.0 Å². The molecule has 0 bridgehead atoms. The van der Waals surface area contributed by atoms with Crippen LogP contribution in [0.1, 0.15) is 12.5 Å². The van der Waals surface area contributed by atoms with Gasteiger partial charge in [-0.05, 0) is 18.1 Å². The molecule has 0 nitrogen and oxygen atoms in total. The highest BCUT2D eigenvalue weighted by molar-refractivity contribution is 7.80. The molecule has 11 heavy (non-hydrogen) atoms. The molecule has 0 fully saturated rings. The van der Waals surface area contributed by atoms with Gasteiger partial charge in [0.2, 0.25) is 0 Å². The van der Waals surface area contributed by atoms with Crippen LogP contribution in [0.25, 0.3) is 0 Å². The normalized spacial score (nSPS) is 10.2. The third-order valence-corrected chi connectivity index (χ3v) is 2.31. The second kappa shape index (κ2) is 3.46. The summed E-state index contributed by atoms with van der Waals surface area (Å²) < 4.78 is 13.0. The SMILES string of the molecule is CCc1ccc(Cl)c(F)c1S. The van der Waals surface area contributed by atoms with E-state index in [2.05, 4.69) is 12.6 Å². The van der Waals surface area contributed by atoms with E-state index >= 15 is 0 Å². The molecule has 0 N–H and O–H groups in total. The summed E-state index contributed by atoms with van der Waals surface area (Å²) in [5.74, 6) is -0.422. The fourth-order valence-electron chi connectivity index (χ4n) is 0.865. The predicted molar refractivity (Wildman–Crippen MR) is 48.0 cm³/mol. The Labute approximate surface area is 75.8 Å². The van der Waals surface area contributed by atoms with Crippen molar-refractivity contribution in [1.29, 1.82) is 0 Å². The first-order valence-electron chi connectivity index (χ1n) is 3.32. The van der Waals surface area contributed by atoms with Gasteiger partial charge in [-0.1, -0.05) is 24.6 Å². The monoisotopic (exact) mass is 190 g/mol. The van der Waals surface area contributed by atoms with Crippen LogP contribution in [-0.2, 0) is 6.42 Å². The lowest BCUT2D eigenvalue weighted by Crippen LogP contribution is -1.87. The van der Waals surface area contributed by atoms with E-state index in [0.717, 1.165) is 12.0 Å². The van der Waals surface area contributed by atoms with Gasteiger partial charge in [0.05, 0.1) is 5.02 Å². The minimum atomic E-state index is -0.422. The van der Waals surface area contributed by atoms with Crippen LogP contribution in [0, 0.1) is 5.82 Å². The van der Waals surface area contributed by atoms with Gasteiger partial charge in [0.15, 0.2) is 5.82 Å². The molecule has 0 aromatic heterocycles. The second-order valence-corrected chi connectivity index (χ2v) is 3.08. The van der Waals surface area contributed by atoms with Crippen molar-refractivity contribution >= 4 is 24.2 Å². The molecule has 0 aliphatic carbocycles. The van der Waals surface area contributed by atoms with E-state index in [1.54, 1.807) is 12.1 Å². The number of hydrogen-bond donors (Lipinski definition) is 1. The van der Waals surface area contributed by atoms with Gasteiger partial charge in [-0.15, -0.1) is 12.6 Å². The van der Waals surface area contributed by atoms with Crippen molar-refractivity contribution in [3.05, 3.63) is 28.5 Å². The minimum absolute atomic E-state index is 0.132. The van der Waals surface area contributed by atoms with E-state index in [9.17, 15) is 4.39 Å². The van der Waals surface area contributed by atoms with Crippen LogP contribution >= 0.6 is 24.2 Å². The molecular weight excluding hydrogens is 183 g/mol. The van der Waals surface area contributed by atoms with Crippen LogP contribution in [0.3, 0.4) is 0 Å². The first kappa shape index (κ1) is 8.88. The topological polar surface area (TPSA) is 0 Å². The molecule has 0 aliphatic heterocycles. The summed E-state index contributed by atoms with van der Waals surface area (Å²) in [6.07, 6.45) is 0.771. The van der Waals surface area contributed by atoms with Crippen molar-refractivity contribution in [2.45, 2.75) is 18.2 Å². The first-order valence-corrected chi connectivity index (χ1v) is 4.15. The Morgan fingerprint density at radius 1 is 1.55 bits per heavy atom. The average molecular weight is 191 g/mol. The zero-order valence-electron chi connectivity index (χ0n) is 6.06. The van der Waals surface area contributed by atoms with Crippen molar-refractivity contribution in [3.8, 4) is 0 Å². The Morgan fingerprint density at radius 2 is 2.18 bits per heavy atom. The summed E-state index contributed by atoms with van der Waals surface area (Å²) in [6, 6.07) is 3.34. The van der Waals surface area contributed by atoms with Crippen molar-refractivity contribution in [1.82, 2.24) is 0 Å². The Morgan fingerprint density at radius 3 is 2.73 bits per heavy atom. The number of thiol groups is 1. The lowest BCUT2D eigenvalue weighted by molar-refractivity contribution is 0.599. The molecule has 0 atom stereocenters. The molecule has 1 aromatic carbocycles. The average Bonchev–Trinajstić information content (AvgIpc) is 2.01. The van der Waals surface area contributed by atoms with Gasteiger partial charge in [0.25, 0.3) is 0 Å². The molecule has 0 saturated carbocycles.